The van der Waals surface area contributed by atoms with Crippen molar-refractivity contribution in [2.24, 2.45) is 5.92 Å². The third-order valence-electron chi connectivity index (χ3n) is 3.86. The van der Waals surface area contributed by atoms with Crippen LogP contribution in [0.25, 0.3) is 0 Å². The Kier molecular flexibility index (Phi) is 3.50. The van der Waals surface area contributed by atoms with Gasteiger partial charge in [-0.2, -0.15) is 0 Å². The van der Waals surface area contributed by atoms with Crippen molar-refractivity contribution in [1.82, 2.24) is 5.32 Å². The lowest BCUT2D eigenvalue weighted by atomic mass is 9.96. The fraction of sp³-hybridized carbons (Fsp3) is 0.917. The summed E-state index contributed by atoms with van der Waals surface area (Å²) in [4.78, 5) is 11.4. The summed E-state index contributed by atoms with van der Waals surface area (Å²) in [5.74, 6) is -0.192. The number of aliphatic carboxylic acids is 1. The molecule has 1 aliphatic heterocycles. The Morgan fingerprint density at radius 2 is 2.38 bits per heavy atom. The van der Waals surface area contributed by atoms with Gasteiger partial charge in [0.15, 0.2) is 0 Å². The molecule has 2 N–H and O–H groups in total. The molecule has 2 rings (SSSR count). The summed E-state index contributed by atoms with van der Waals surface area (Å²) in [6, 6.07) is 0. The van der Waals surface area contributed by atoms with Crippen LogP contribution in [0.4, 0.5) is 0 Å². The maximum atomic E-state index is 11.4. The lowest BCUT2D eigenvalue weighted by Gasteiger charge is -2.27. The summed E-state index contributed by atoms with van der Waals surface area (Å²) in [7, 11) is 0. The summed E-state index contributed by atoms with van der Waals surface area (Å²) in [5.41, 5.74) is -0.689. The second-order valence-electron chi connectivity index (χ2n) is 5.25. The topological polar surface area (TPSA) is 58.6 Å². The van der Waals surface area contributed by atoms with E-state index in [1.807, 2.05) is 0 Å². The lowest BCUT2D eigenvalue weighted by Crippen LogP contribution is -2.52. The number of hydrogen-bond acceptors (Lipinski definition) is 3. The maximum absolute atomic E-state index is 11.4. The number of carbonyl (C=O) groups is 1. The molecule has 1 saturated heterocycles. The molecule has 2 aliphatic rings. The van der Waals surface area contributed by atoms with Gasteiger partial charge in [0, 0.05) is 13.2 Å². The Labute approximate surface area is 96.4 Å². The highest BCUT2D eigenvalue weighted by atomic mass is 16.5. The monoisotopic (exact) mass is 227 g/mol. The first kappa shape index (κ1) is 11.9. The van der Waals surface area contributed by atoms with Gasteiger partial charge in [0.25, 0.3) is 0 Å². The number of ether oxygens (including phenoxy) is 1. The van der Waals surface area contributed by atoms with Gasteiger partial charge in [-0.05, 0) is 38.0 Å². The fourth-order valence-corrected chi connectivity index (χ4v) is 2.84. The Bertz CT molecular complexity index is 263. The van der Waals surface area contributed by atoms with Gasteiger partial charge in [-0.25, -0.2) is 0 Å². The number of carboxylic acids is 1. The van der Waals surface area contributed by atoms with Crippen molar-refractivity contribution in [2.75, 3.05) is 13.2 Å². The normalized spacial score (nSPS) is 39.1. The highest BCUT2D eigenvalue weighted by Crippen LogP contribution is 2.34. The quantitative estimate of drug-likeness (QED) is 0.762. The molecular weight excluding hydrogens is 206 g/mol. The summed E-state index contributed by atoms with van der Waals surface area (Å²) < 4.78 is 5.51. The number of rotatable bonds is 4. The van der Waals surface area contributed by atoms with Crippen LogP contribution < -0.4 is 5.32 Å². The average Bonchev–Trinajstić information content (AvgIpc) is 2.84. The van der Waals surface area contributed by atoms with Crippen LogP contribution in [-0.2, 0) is 9.53 Å². The van der Waals surface area contributed by atoms with Crippen LogP contribution in [0.15, 0.2) is 0 Å². The zero-order valence-corrected chi connectivity index (χ0v) is 9.87. The van der Waals surface area contributed by atoms with Crippen LogP contribution in [0.1, 0.15) is 39.0 Å². The molecule has 0 aromatic heterocycles. The molecule has 1 heterocycles. The molecule has 0 amide bonds. The van der Waals surface area contributed by atoms with E-state index in [-0.39, 0.29) is 6.10 Å². The SMILES string of the molecule is CC1CCC(NCC2CCCO2)(C(=O)O)C1. The zero-order chi connectivity index (χ0) is 11.6. The molecule has 0 bridgehead atoms. The third-order valence-corrected chi connectivity index (χ3v) is 3.86. The van der Waals surface area contributed by atoms with Gasteiger partial charge in [-0.1, -0.05) is 6.92 Å². The van der Waals surface area contributed by atoms with Crippen molar-refractivity contribution in [3.63, 3.8) is 0 Å². The summed E-state index contributed by atoms with van der Waals surface area (Å²) >= 11 is 0. The van der Waals surface area contributed by atoms with Gasteiger partial charge in [0.2, 0.25) is 0 Å². The Morgan fingerprint density at radius 3 is 2.88 bits per heavy atom. The van der Waals surface area contributed by atoms with Gasteiger partial charge in [-0.15, -0.1) is 0 Å². The summed E-state index contributed by atoms with van der Waals surface area (Å²) in [6.45, 7) is 3.63. The minimum atomic E-state index is -0.699. The zero-order valence-electron chi connectivity index (χ0n) is 9.87. The standard InChI is InChI=1S/C12H21NO3/c1-9-4-5-12(7-9,11(14)15)13-8-10-3-2-6-16-10/h9-10,13H,2-8H2,1H3,(H,14,15). The van der Waals surface area contributed by atoms with Crippen molar-refractivity contribution in [1.29, 1.82) is 0 Å². The van der Waals surface area contributed by atoms with E-state index in [0.29, 0.717) is 12.5 Å². The molecule has 0 aromatic carbocycles. The van der Waals surface area contributed by atoms with E-state index in [4.69, 9.17) is 4.74 Å². The Balaban J connectivity index is 1.90. The van der Waals surface area contributed by atoms with Crippen molar-refractivity contribution < 1.29 is 14.6 Å². The average molecular weight is 227 g/mol. The Morgan fingerprint density at radius 1 is 1.56 bits per heavy atom. The second-order valence-corrected chi connectivity index (χ2v) is 5.25. The van der Waals surface area contributed by atoms with Crippen molar-refractivity contribution >= 4 is 5.97 Å². The van der Waals surface area contributed by atoms with Gasteiger partial charge < -0.3 is 9.84 Å². The Hall–Kier alpha value is -0.610. The molecule has 1 aliphatic carbocycles. The molecule has 4 heteroatoms. The smallest absolute Gasteiger partial charge is 0.323 e. The summed E-state index contributed by atoms with van der Waals surface area (Å²) in [5, 5.41) is 12.6. The molecule has 0 radical (unpaired) electrons. The number of hydrogen-bond donors (Lipinski definition) is 2. The molecule has 3 atom stereocenters. The van der Waals surface area contributed by atoms with Crippen molar-refractivity contribution in [2.45, 2.75) is 50.7 Å². The lowest BCUT2D eigenvalue weighted by molar-refractivity contribution is -0.145. The van der Waals surface area contributed by atoms with Crippen LogP contribution in [0.3, 0.4) is 0 Å². The highest BCUT2D eigenvalue weighted by Gasteiger charge is 2.44. The third kappa shape index (κ3) is 2.38. The van der Waals surface area contributed by atoms with Crippen LogP contribution >= 0.6 is 0 Å². The van der Waals surface area contributed by atoms with E-state index in [9.17, 15) is 9.90 Å². The van der Waals surface area contributed by atoms with E-state index >= 15 is 0 Å². The molecule has 0 aromatic rings. The first-order valence-electron chi connectivity index (χ1n) is 6.22. The van der Waals surface area contributed by atoms with Gasteiger partial charge in [0.1, 0.15) is 5.54 Å². The predicted octanol–water partition coefficient (Wildman–Crippen LogP) is 1.40. The van der Waals surface area contributed by atoms with E-state index < -0.39 is 11.5 Å². The number of nitrogens with one attached hydrogen (secondary N) is 1. The largest absolute Gasteiger partial charge is 0.480 e. The first-order valence-corrected chi connectivity index (χ1v) is 6.22. The minimum absolute atomic E-state index is 0.215. The van der Waals surface area contributed by atoms with Crippen molar-refractivity contribution in [3.05, 3.63) is 0 Å². The van der Waals surface area contributed by atoms with Crippen LogP contribution in [0.2, 0.25) is 0 Å². The molecule has 2 fully saturated rings. The molecule has 1 saturated carbocycles. The molecule has 92 valence electrons. The molecule has 3 unspecified atom stereocenters. The van der Waals surface area contributed by atoms with Gasteiger partial charge >= 0.3 is 5.97 Å². The number of carboxylic acid groups (broad SMARTS) is 1. The van der Waals surface area contributed by atoms with Crippen molar-refractivity contribution in [3.8, 4) is 0 Å². The van der Waals surface area contributed by atoms with Gasteiger partial charge in [0.05, 0.1) is 6.10 Å². The van der Waals surface area contributed by atoms with E-state index in [2.05, 4.69) is 12.2 Å². The minimum Gasteiger partial charge on any atom is -0.480 e. The first-order chi connectivity index (χ1) is 7.62. The molecule has 0 spiro atoms. The fourth-order valence-electron chi connectivity index (χ4n) is 2.84. The maximum Gasteiger partial charge on any atom is 0.323 e. The molecule has 16 heavy (non-hydrogen) atoms. The van der Waals surface area contributed by atoms with Crippen LogP contribution in [0, 0.1) is 5.92 Å². The summed E-state index contributed by atoms with van der Waals surface area (Å²) in [6.07, 6.45) is 4.86. The van der Waals surface area contributed by atoms with Crippen LogP contribution in [-0.4, -0.2) is 35.9 Å². The van der Waals surface area contributed by atoms with E-state index in [0.717, 1.165) is 38.7 Å². The highest BCUT2D eigenvalue weighted by molar-refractivity contribution is 5.79. The van der Waals surface area contributed by atoms with Crippen LogP contribution in [0.5, 0.6) is 0 Å². The predicted molar refractivity (Wildman–Crippen MR) is 60.4 cm³/mol. The van der Waals surface area contributed by atoms with Gasteiger partial charge in [-0.3, -0.25) is 10.1 Å². The van der Waals surface area contributed by atoms with E-state index in [1.54, 1.807) is 0 Å². The second kappa shape index (κ2) is 4.72. The molecule has 4 nitrogen and oxygen atoms in total. The molecular formula is C12H21NO3. The van der Waals surface area contributed by atoms with E-state index in [1.165, 1.54) is 0 Å².